The molecule has 0 spiro atoms. The van der Waals surface area contributed by atoms with Crippen LogP contribution in [-0.2, 0) is 14.3 Å². The second kappa shape index (κ2) is 7.77. The Kier molecular flexibility index (Phi) is 5.48. The van der Waals surface area contributed by atoms with E-state index in [0.29, 0.717) is 39.4 Å². The van der Waals surface area contributed by atoms with E-state index in [4.69, 9.17) is 10.5 Å². The maximum Gasteiger partial charge on any atom is 0.223 e. The first kappa shape index (κ1) is 16.9. The average molecular weight is 331 g/mol. The van der Waals surface area contributed by atoms with Gasteiger partial charge in [0.25, 0.3) is 0 Å². The molecule has 0 aliphatic carbocycles. The number of likely N-dealkylation sites (tertiary alicyclic amines) is 1. The van der Waals surface area contributed by atoms with Crippen molar-refractivity contribution in [2.24, 2.45) is 5.73 Å². The summed E-state index contributed by atoms with van der Waals surface area (Å²) in [6.45, 7) is 3.61. The Labute approximate surface area is 142 Å². The third kappa shape index (κ3) is 3.94. The van der Waals surface area contributed by atoms with Crippen LogP contribution < -0.4 is 5.73 Å². The number of benzene rings is 1. The van der Waals surface area contributed by atoms with Crippen molar-refractivity contribution in [3.05, 3.63) is 35.9 Å². The Hall–Kier alpha value is -1.92. The van der Waals surface area contributed by atoms with Crippen LogP contribution in [0.4, 0.5) is 0 Å². The monoisotopic (exact) mass is 331 g/mol. The fraction of sp³-hybridized carbons (Fsp3) is 0.556. The molecule has 2 amide bonds. The Morgan fingerprint density at radius 2 is 1.62 bits per heavy atom. The molecule has 6 heteroatoms. The fourth-order valence-electron chi connectivity index (χ4n) is 3.43. The molecule has 0 unspecified atom stereocenters. The van der Waals surface area contributed by atoms with Gasteiger partial charge in [0.05, 0.1) is 13.2 Å². The van der Waals surface area contributed by atoms with Crippen molar-refractivity contribution in [2.75, 3.05) is 39.4 Å². The zero-order valence-corrected chi connectivity index (χ0v) is 13.9. The van der Waals surface area contributed by atoms with E-state index in [1.165, 1.54) is 5.56 Å². The number of hydrogen-bond acceptors (Lipinski definition) is 4. The van der Waals surface area contributed by atoms with E-state index in [-0.39, 0.29) is 36.6 Å². The van der Waals surface area contributed by atoms with Crippen molar-refractivity contribution in [1.82, 2.24) is 9.80 Å². The van der Waals surface area contributed by atoms with Gasteiger partial charge in [-0.1, -0.05) is 30.3 Å². The van der Waals surface area contributed by atoms with Gasteiger partial charge in [-0.25, -0.2) is 0 Å². The summed E-state index contributed by atoms with van der Waals surface area (Å²) in [5, 5.41) is 0. The lowest BCUT2D eigenvalue weighted by Crippen LogP contribution is -2.41. The smallest absolute Gasteiger partial charge is 0.223 e. The fourth-order valence-corrected chi connectivity index (χ4v) is 3.43. The molecule has 2 aliphatic rings. The van der Waals surface area contributed by atoms with E-state index < -0.39 is 0 Å². The highest BCUT2D eigenvalue weighted by molar-refractivity contribution is 5.84. The molecule has 0 bridgehead atoms. The van der Waals surface area contributed by atoms with Crippen molar-refractivity contribution in [2.45, 2.75) is 24.8 Å². The average Bonchev–Trinajstić information content (AvgIpc) is 3.02. The number of amides is 2. The van der Waals surface area contributed by atoms with E-state index in [1.54, 1.807) is 9.80 Å². The molecule has 1 aromatic carbocycles. The summed E-state index contributed by atoms with van der Waals surface area (Å²) in [4.78, 5) is 28.2. The molecule has 3 rings (SSSR count). The van der Waals surface area contributed by atoms with Gasteiger partial charge in [0.15, 0.2) is 0 Å². The van der Waals surface area contributed by atoms with Crippen LogP contribution in [0, 0.1) is 0 Å². The molecule has 1 aromatic rings. The molecular weight excluding hydrogens is 306 g/mol. The van der Waals surface area contributed by atoms with Crippen molar-refractivity contribution in [3.8, 4) is 0 Å². The minimum atomic E-state index is -0.0497. The lowest BCUT2D eigenvalue weighted by molar-refractivity contribution is -0.139. The van der Waals surface area contributed by atoms with Crippen LogP contribution in [0.15, 0.2) is 30.3 Å². The summed E-state index contributed by atoms with van der Waals surface area (Å²) < 4.78 is 5.24. The van der Waals surface area contributed by atoms with Crippen LogP contribution in [-0.4, -0.2) is 67.0 Å². The van der Waals surface area contributed by atoms with Crippen LogP contribution in [0.2, 0.25) is 0 Å². The molecule has 2 fully saturated rings. The van der Waals surface area contributed by atoms with E-state index in [1.807, 2.05) is 18.2 Å². The third-order valence-electron chi connectivity index (χ3n) is 4.86. The van der Waals surface area contributed by atoms with Gasteiger partial charge in [-0.2, -0.15) is 0 Å². The summed E-state index contributed by atoms with van der Waals surface area (Å²) in [7, 11) is 0. The Morgan fingerprint density at radius 1 is 1.00 bits per heavy atom. The van der Waals surface area contributed by atoms with Crippen molar-refractivity contribution in [1.29, 1.82) is 0 Å². The summed E-state index contributed by atoms with van der Waals surface area (Å²) in [5.74, 6) is 0.227. The highest BCUT2D eigenvalue weighted by Gasteiger charge is 2.33. The van der Waals surface area contributed by atoms with E-state index in [9.17, 15) is 9.59 Å². The van der Waals surface area contributed by atoms with Crippen LogP contribution in [0.1, 0.15) is 24.3 Å². The molecule has 0 saturated carbocycles. The van der Waals surface area contributed by atoms with Gasteiger partial charge in [0.2, 0.25) is 11.8 Å². The molecule has 2 aliphatic heterocycles. The predicted octanol–water partition coefficient (Wildman–Crippen LogP) is 0.579. The molecule has 24 heavy (non-hydrogen) atoms. The first-order valence-corrected chi connectivity index (χ1v) is 8.59. The molecule has 2 saturated heterocycles. The van der Waals surface area contributed by atoms with Gasteiger partial charge >= 0.3 is 0 Å². The first-order valence-electron chi connectivity index (χ1n) is 8.59. The highest BCUT2D eigenvalue weighted by Crippen LogP contribution is 2.26. The van der Waals surface area contributed by atoms with Gasteiger partial charge in [-0.3, -0.25) is 9.59 Å². The third-order valence-corrected chi connectivity index (χ3v) is 4.86. The zero-order chi connectivity index (χ0) is 16.9. The molecule has 0 aromatic heterocycles. The Morgan fingerprint density at radius 3 is 2.29 bits per heavy atom. The van der Waals surface area contributed by atoms with Crippen LogP contribution in [0.3, 0.4) is 0 Å². The molecule has 0 radical (unpaired) electrons. The van der Waals surface area contributed by atoms with E-state index in [2.05, 4.69) is 12.1 Å². The lowest BCUT2D eigenvalue weighted by Gasteiger charge is -2.27. The molecule has 2 atom stereocenters. The SMILES string of the molecule is N[C@@H]1CN(C(=O)CCC(=O)N2CCOCC2)C[C@H]1c1ccccc1. The minimum absolute atomic E-state index is 0.0190. The zero-order valence-electron chi connectivity index (χ0n) is 13.9. The number of nitrogens with two attached hydrogens (primary N) is 1. The van der Waals surface area contributed by atoms with Crippen LogP contribution >= 0.6 is 0 Å². The van der Waals surface area contributed by atoms with Crippen LogP contribution in [0.5, 0.6) is 0 Å². The van der Waals surface area contributed by atoms with E-state index >= 15 is 0 Å². The van der Waals surface area contributed by atoms with Gasteiger partial charge in [-0.05, 0) is 5.56 Å². The molecule has 2 N–H and O–H groups in total. The largest absolute Gasteiger partial charge is 0.378 e. The number of nitrogens with zero attached hydrogens (tertiary/aromatic N) is 2. The maximum atomic E-state index is 12.4. The first-order chi connectivity index (χ1) is 11.6. The van der Waals surface area contributed by atoms with Crippen molar-refractivity contribution in [3.63, 3.8) is 0 Å². The van der Waals surface area contributed by atoms with Gasteiger partial charge < -0.3 is 20.3 Å². The molecular formula is C18H25N3O3. The quantitative estimate of drug-likeness (QED) is 0.876. The molecule has 6 nitrogen and oxygen atoms in total. The predicted molar refractivity (Wildman–Crippen MR) is 90.4 cm³/mol. The summed E-state index contributed by atoms with van der Waals surface area (Å²) in [6.07, 6.45) is 0.519. The highest BCUT2D eigenvalue weighted by atomic mass is 16.5. The van der Waals surface area contributed by atoms with Gasteiger partial charge in [0.1, 0.15) is 0 Å². The lowest BCUT2D eigenvalue weighted by atomic mass is 9.95. The number of carbonyl (C=O) groups excluding carboxylic acids is 2. The van der Waals surface area contributed by atoms with E-state index in [0.717, 1.165) is 0 Å². The second-order valence-corrected chi connectivity index (χ2v) is 6.47. The van der Waals surface area contributed by atoms with Gasteiger partial charge in [0, 0.05) is 51.0 Å². The molecule has 2 heterocycles. The normalized spacial score (nSPS) is 24.2. The maximum absolute atomic E-state index is 12.4. The van der Waals surface area contributed by atoms with Crippen molar-refractivity contribution >= 4 is 11.8 Å². The number of morpholine rings is 1. The number of rotatable bonds is 4. The standard InChI is InChI=1S/C18H25N3O3/c19-16-13-21(12-15(16)14-4-2-1-3-5-14)18(23)7-6-17(22)20-8-10-24-11-9-20/h1-5,15-16H,6-13,19H2/t15-,16+/m0/s1. The Balaban J connectivity index is 1.50. The summed E-state index contributed by atoms with van der Waals surface area (Å²) in [5.41, 5.74) is 7.40. The summed E-state index contributed by atoms with van der Waals surface area (Å²) in [6, 6.07) is 10.0. The number of ether oxygens (including phenoxy) is 1. The Bertz CT molecular complexity index is 572. The summed E-state index contributed by atoms with van der Waals surface area (Å²) >= 11 is 0. The topological polar surface area (TPSA) is 75.9 Å². The molecule has 130 valence electrons. The number of carbonyl (C=O) groups is 2. The van der Waals surface area contributed by atoms with Crippen molar-refractivity contribution < 1.29 is 14.3 Å². The minimum Gasteiger partial charge on any atom is -0.378 e. The number of hydrogen-bond donors (Lipinski definition) is 1. The van der Waals surface area contributed by atoms with Crippen LogP contribution in [0.25, 0.3) is 0 Å². The second-order valence-electron chi connectivity index (χ2n) is 6.47. The van der Waals surface area contributed by atoms with Gasteiger partial charge in [-0.15, -0.1) is 0 Å².